The lowest BCUT2D eigenvalue weighted by molar-refractivity contribution is -0.255. The fourth-order valence-electron chi connectivity index (χ4n) is 1.44. The van der Waals surface area contributed by atoms with Gasteiger partial charge >= 0.3 is 0 Å². The number of aromatic carboxylic acids is 1. The molecule has 2 rings (SSSR count). The van der Waals surface area contributed by atoms with Crippen molar-refractivity contribution < 1.29 is 9.90 Å². The van der Waals surface area contributed by atoms with Crippen molar-refractivity contribution in [3.05, 3.63) is 53.9 Å². The van der Waals surface area contributed by atoms with Crippen molar-refractivity contribution in [2.24, 2.45) is 5.10 Å². The van der Waals surface area contributed by atoms with Gasteiger partial charge < -0.3 is 14.9 Å². The zero-order chi connectivity index (χ0) is 13.0. The molecule has 0 spiro atoms. The zero-order valence-corrected chi connectivity index (χ0v) is 9.81. The van der Waals surface area contributed by atoms with Crippen molar-refractivity contribution >= 4 is 17.4 Å². The van der Waals surface area contributed by atoms with Crippen LogP contribution in [0.3, 0.4) is 0 Å². The molecule has 2 N–H and O–H groups in total. The average molecular weight is 242 g/mol. The maximum absolute atomic E-state index is 10.6. The van der Waals surface area contributed by atoms with Gasteiger partial charge in [0.05, 0.1) is 23.1 Å². The van der Waals surface area contributed by atoms with E-state index >= 15 is 0 Å². The summed E-state index contributed by atoms with van der Waals surface area (Å²) in [6.45, 7) is 1.87. The Balaban J connectivity index is 2.06. The van der Waals surface area contributed by atoms with Gasteiger partial charge in [0.15, 0.2) is 0 Å². The van der Waals surface area contributed by atoms with Crippen molar-refractivity contribution in [1.82, 2.24) is 4.98 Å². The quantitative estimate of drug-likeness (QED) is 0.624. The van der Waals surface area contributed by atoms with E-state index in [0.717, 1.165) is 11.4 Å². The van der Waals surface area contributed by atoms with Crippen LogP contribution < -0.4 is 10.5 Å². The van der Waals surface area contributed by atoms with Crippen LogP contribution in [-0.2, 0) is 0 Å². The van der Waals surface area contributed by atoms with Gasteiger partial charge in [0.2, 0.25) is 0 Å². The standard InChI is InChI=1S/C13H13N3O2/c1-9(12-3-2-8-14-12)15-16-11-6-4-10(5-7-11)13(17)18/h2-8,14,16H,1H3,(H,17,18)/p-1/b15-9+. The fourth-order valence-corrected chi connectivity index (χ4v) is 1.44. The van der Waals surface area contributed by atoms with E-state index in [1.165, 1.54) is 12.1 Å². The van der Waals surface area contributed by atoms with Crippen LogP contribution in [0.5, 0.6) is 0 Å². The number of nitrogens with one attached hydrogen (secondary N) is 2. The van der Waals surface area contributed by atoms with Crippen LogP contribution in [0.1, 0.15) is 23.0 Å². The number of nitrogens with zero attached hydrogens (tertiary/aromatic N) is 1. The van der Waals surface area contributed by atoms with Gasteiger partial charge in [0.1, 0.15) is 0 Å². The summed E-state index contributed by atoms with van der Waals surface area (Å²) in [7, 11) is 0. The van der Waals surface area contributed by atoms with E-state index in [1.54, 1.807) is 12.1 Å². The third-order valence-electron chi connectivity index (χ3n) is 2.46. The van der Waals surface area contributed by atoms with E-state index in [9.17, 15) is 9.90 Å². The highest BCUT2D eigenvalue weighted by Gasteiger charge is 1.97. The molecule has 5 nitrogen and oxygen atoms in total. The molecule has 5 heteroatoms. The summed E-state index contributed by atoms with van der Waals surface area (Å²) in [5.41, 5.74) is 5.45. The largest absolute Gasteiger partial charge is 0.545 e. The highest BCUT2D eigenvalue weighted by atomic mass is 16.4. The molecule has 0 saturated carbocycles. The number of aromatic nitrogens is 1. The van der Waals surface area contributed by atoms with Gasteiger partial charge in [-0.1, -0.05) is 12.1 Å². The maximum atomic E-state index is 10.6. The second kappa shape index (κ2) is 5.18. The summed E-state index contributed by atoms with van der Waals surface area (Å²) in [5, 5.41) is 14.8. The molecule has 0 bridgehead atoms. The Labute approximate surface area is 104 Å². The van der Waals surface area contributed by atoms with E-state index in [4.69, 9.17) is 0 Å². The number of hydrazone groups is 1. The minimum atomic E-state index is -1.19. The molecule has 1 aromatic carbocycles. The highest BCUT2D eigenvalue weighted by molar-refractivity contribution is 5.97. The van der Waals surface area contributed by atoms with Gasteiger partial charge in [-0.05, 0) is 36.8 Å². The molecule has 0 aliphatic heterocycles. The van der Waals surface area contributed by atoms with Crippen LogP contribution in [0, 0.1) is 0 Å². The lowest BCUT2D eigenvalue weighted by Crippen LogP contribution is -2.21. The second-order valence-corrected chi connectivity index (χ2v) is 3.76. The summed E-state index contributed by atoms with van der Waals surface area (Å²) in [6, 6.07) is 10.0. The molecule has 92 valence electrons. The Bertz CT molecular complexity index is 556. The van der Waals surface area contributed by atoms with E-state index in [0.29, 0.717) is 5.69 Å². The first-order chi connectivity index (χ1) is 8.66. The molecule has 18 heavy (non-hydrogen) atoms. The van der Waals surface area contributed by atoms with Gasteiger partial charge in [-0.15, -0.1) is 0 Å². The van der Waals surface area contributed by atoms with Gasteiger partial charge in [-0.3, -0.25) is 5.43 Å². The molecule has 2 aromatic rings. The number of hydrogen-bond donors (Lipinski definition) is 2. The third kappa shape index (κ3) is 2.76. The number of carbonyl (C=O) groups excluding carboxylic acids is 1. The number of carbonyl (C=O) groups is 1. The zero-order valence-electron chi connectivity index (χ0n) is 9.81. The Morgan fingerprint density at radius 3 is 2.56 bits per heavy atom. The number of anilines is 1. The second-order valence-electron chi connectivity index (χ2n) is 3.76. The average Bonchev–Trinajstić information content (AvgIpc) is 2.90. The van der Waals surface area contributed by atoms with Crippen LogP contribution in [0.25, 0.3) is 0 Å². The number of benzene rings is 1. The number of hydrogen-bond acceptors (Lipinski definition) is 4. The lowest BCUT2D eigenvalue weighted by atomic mass is 10.2. The summed E-state index contributed by atoms with van der Waals surface area (Å²) < 4.78 is 0. The van der Waals surface area contributed by atoms with Crippen molar-refractivity contribution in [3.8, 4) is 0 Å². The number of aromatic amines is 1. The molecule has 0 atom stereocenters. The Morgan fingerprint density at radius 2 is 2.00 bits per heavy atom. The molecule has 1 heterocycles. The normalized spacial score (nSPS) is 11.3. The Morgan fingerprint density at radius 1 is 1.28 bits per heavy atom. The maximum Gasteiger partial charge on any atom is 0.0810 e. The van der Waals surface area contributed by atoms with Crippen LogP contribution in [0.15, 0.2) is 47.7 Å². The van der Waals surface area contributed by atoms with E-state index in [1.807, 2.05) is 25.3 Å². The first-order valence-electron chi connectivity index (χ1n) is 5.42. The molecule has 0 radical (unpaired) electrons. The first-order valence-corrected chi connectivity index (χ1v) is 5.42. The topological polar surface area (TPSA) is 80.3 Å². The number of carboxylic acid groups (broad SMARTS) is 1. The number of carboxylic acids is 1. The molecule has 0 fully saturated rings. The minimum absolute atomic E-state index is 0.144. The smallest absolute Gasteiger partial charge is 0.0810 e. The number of rotatable bonds is 4. The monoisotopic (exact) mass is 242 g/mol. The van der Waals surface area contributed by atoms with Gasteiger partial charge in [-0.2, -0.15) is 5.10 Å². The van der Waals surface area contributed by atoms with Gasteiger partial charge in [0, 0.05) is 6.20 Å². The van der Waals surface area contributed by atoms with E-state index < -0.39 is 5.97 Å². The van der Waals surface area contributed by atoms with Gasteiger partial charge in [0.25, 0.3) is 0 Å². The molecule has 0 saturated heterocycles. The SMILES string of the molecule is C/C(=N\Nc1ccc(C(=O)[O-])cc1)c1ccc[nH]1. The van der Waals surface area contributed by atoms with Crippen molar-refractivity contribution in [3.63, 3.8) is 0 Å². The van der Waals surface area contributed by atoms with Crippen LogP contribution in [-0.4, -0.2) is 16.7 Å². The van der Waals surface area contributed by atoms with Crippen LogP contribution >= 0.6 is 0 Å². The first kappa shape index (κ1) is 11.9. The summed E-state index contributed by atoms with van der Waals surface area (Å²) in [5.74, 6) is -1.19. The fraction of sp³-hybridized carbons (Fsp3) is 0.0769. The molecule has 0 aliphatic carbocycles. The summed E-state index contributed by atoms with van der Waals surface area (Å²) in [6.07, 6.45) is 1.82. The highest BCUT2D eigenvalue weighted by Crippen LogP contribution is 2.09. The van der Waals surface area contributed by atoms with E-state index in [2.05, 4.69) is 15.5 Å². The lowest BCUT2D eigenvalue weighted by Gasteiger charge is -2.05. The van der Waals surface area contributed by atoms with Crippen molar-refractivity contribution in [1.29, 1.82) is 0 Å². The number of H-pyrrole nitrogens is 1. The van der Waals surface area contributed by atoms with Crippen molar-refractivity contribution in [2.75, 3.05) is 5.43 Å². The Hall–Kier alpha value is -2.56. The molecule has 0 amide bonds. The molecular formula is C13H12N3O2-. The van der Waals surface area contributed by atoms with Crippen LogP contribution in [0.2, 0.25) is 0 Å². The van der Waals surface area contributed by atoms with Gasteiger partial charge in [-0.25, -0.2) is 0 Å². The third-order valence-corrected chi connectivity index (χ3v) is 2.46. The molecular weight excluding hydrogens is 230 g/mol. The predicted molar refractivity (Wildman–Crippen MR) is 67.4 cm³/mol. The van der Waals surface area contributed by atoms with Crippen molar-refractivity contribution in [2.45, 2.75) is 6.92 Å². The molecule has 1 aromatic heterocycles. The predicted octanol–water partition coefficient (Wildman–Crippen LogP) is 1.21. The Kier molecular flexibility index (Phi) is 3.43. The molecule has 0 aliphatic rings. The minimum Gasteiger partial charge on any atom is -0.545 e. The molecule has 0 unspecified atom stereocenters. The van der Waals surface area contributed by atoms with Crippen LogP contribution in [0.4, 0.5) is 5.69 Å². The summed E-state index contributed by atoms with van der Waals surface area (Å²) in [4.78, 5) is 13.6. The van der Waals surface area contributed by atoms with E-state index in [-0.39, 0.29) is 5.56 Å². The summed E-state index contributed by atoms with van der Waals surface area (Å²) >= 11 is 0.